The fourth-order valence-electron chi connectivity index (χ4n) is 4.02. The minimum atomic E-state index is -0.705. The number of para-hydroxylation sites is 1. The zero-order valence-corrected chi connectivity index (χ0v) is 15.4. The summed E-state index contributed by atoms with van der Waals surface area (Å²) in [5.41, 5.74) is 1.33. The number of aliphatic carboxylic acids is 1. The number of carboxylic acids is 1. The molecule has 2 fully saturated rings. The van der Waals surface area contributed by atoms with Gasteiger partial charge in [-0.05, 0) is 67.9 Å². The molecule has 2 aromatic rings. The molecule has 2 aromatic carbocycles. The number of hydrogen-bond donors (Lipinski definition) is 1. The standard InChI is InChI=1S/C23H26O4/c24-23(25)22-14-18(22)15-26-19-11-9-16(10-12-19)17-5-4-8-21(13-17)27-20-6-2-1-3-7-20/h1-3,6-7,9-12,17-18,21-22H,4-5,8,13-15H2,(H,24,25)/t17?,18-,21?,22+/m1/s1. The number of carboxylic acid groups (broad SMARTS) is 1. The lowest BCUT2D eigenvalue weighted by atomic mass is 9.82. The van der Waals surface area contributed by atoms with Gasteiger partial charge in [0.2, 0.25) is 0 Å². The zero-order valence-electron chi connectivity index (χ0n) is 15.4. The Balaban J connectivity index is 1.29. The van der Waals surface area contributed by atoms with Gasteiger partial charge in [0, 0.05) is 5.92 Å². The van der Waals surface area contributed by atoms with Gasteiger partial charge in [-0.2, -0.15) is 0 Å². The minimum absolute atomic E-state index is 0.163. The average molecular weight is 366 g/mol. The number of ether oxygens (including phenoxy) is 2. The molecule has 0 heterocycles. The lowest BCUT2D eigenvalue weighted by molar-refractivity contribution is -0.138. The van der Waals surface area contributed by atoms with Crippen LogP contribution in [-0.4, -0.2) is 23.8 Å². The van der Waals surface area contributed by atoms with Gasteiger partial charge in [0.1, 0.15) is 11.5 Å². The van der Waals surface area contributed by atoms with Crippen LogP contribution in [0.3, 0.4) is 0 Å². The minimum Gasteiger partial charge on any atom is -0.493 e. The Morgan fingerprint density at radius 1 is 0.963 bits per heavy atom. The summed E-state index contributed by atoms with van der Waals surface area (Å²) in [6.45, 7) is 0.493. The molecule has 1 N–H and O–H groups in total. The zero-order chi connectivity index (χ0) is 18.6. The monoisotopic (exact) mass is 366 g/mol. The van der Waals surface area contributed by atoms with E-state index >= 15 is 0 Å². The molecule has 4 rings (SSSR count). The highest BCUT2D eigenvalue weighted by Crippen LogP contribution is 2.39. The first-order valence-corrected chi connectivity index (χ1v) is 9.86. The summed E-state index contributed by atoms with van der Waals surface area (Å²) in [7, 11) is 0. The second-order valence-electron chi connectivity index (χ2n) is 7.74. The van der Waals surface area contributed by atoms with Crippen LogP contribution in [0.5, 0.6) is 11.5 Å². The average Bonchev–Trinajstić information content (AvgIpc) is 3.48. The molecule has 0 amide bonds. The molecule has 27 heavy (non-hydrogen) atoms. The first-order valence-electron chi connectivity index (χ1n) is 9.86. The lowest BCUT2D eigenvalue weighted by Gasteiger charge is -2.30. The summed E-state index contributed by atoms with van der Waals surface area (Å²) in [6, 6.07) is 18.4. The van der Waals surface area contributed by atoms with Crippen LogP contribution in [0, 0.1) is 11.8 Å². The van der Waals surface area contributed by atoms with Crippen molar-refractivity contribution in [3.8, 4) is 11.5 Å². The molecule has 0 radical (unpaired) electrons. The normalized spacial score (nSPS) is 27.0. The summed E-state index contributed by atoms with van der Waals surface area (Å²) in [6.07, 6.45) is 5.52. The van der Waals surface area contributed by atoms with Gasteiger partial charge in [-0.3, -0.25) is 4.79 Å². The van der Waals surface area contributed by atoms with E-state index in [1.165, 1.54) is 18.4 Å². The molecule has 0 bridgehead atoms. The largest absolute Gasteiger partial charge is 0.493 e. The maximum absolute atomic E-state index is 10.9. The van der Waals surface area contributed by atoms with Crippen LogP contribution >= 0.6 is 0 Å². The first kappa shape index (κ1) is 17.9. The molecule has 2 aliphatic rings. The van der Waals surface area contributed by atoms with E-state index in [1.54, 1.807) is 0 Å². The Bertz CT molecular complexity index is 756. The van der Waals surface area contributed by atoms with Crippen molar-refractivity contribution in [2.75, 3.05) is 6.61 Å². The highest BCUT2D eigenvalue weighted by molar-refractivity contribution is 5.73. The summed E-state index contributed by atoms with van der Waals surface area (Å²) in [5.74, 6) is 1.53. The van der Waals surface area contributed by atoms with Crippen molar-refractivity contribution in [1.29, 1.82) is 0 Å². The third-order valence-corrected chi connectivity index (χ3v) is 5.73. The molecule has 4 atom stereocenters. The van der Waals surface area contributed by atoms with Crippen LogP contribution in [0.1, 0.15) is 43.6 Å². The number of hydrogen-bond acceptors (Lipinski definition) is 3. The van der Waals surface area contributed by atoms with Gasteiger partial charge < -0.3 is 14.6 Å². The molecule has 4 heteroatoms. The maximum Gasteiger partial charge on any atom is 0.306 e. The SMILES string of the molecule is O=C(O)[C@H]1C[C@@H]1COc1ccc(C2CCCC(Oc3ccccc3)C2)cc1. The Morgan fingerprint density at radius 3 is 2.44 bits per heavy atom. The van der Waals surface area contributed by atoms with Gasteiger partial charge in [-0.25, -0.2) is 0 Å². The highest BCUT2D eigenvalue weighted by Gasteiger charge is 2.43. The van der Waals surface area contributed by atoms with Crippen molar-refractivity contribution < 1.29 is 19.4 Å². The summed E-state index contributed by atoms with van der Waals surface area (Å²) in [5, 5.41) is 8.95. The van der Waals surface area contributed by atoms with E-state index in [-0.39, 0.29) is 17.9 Å². The predicted molar refractivity (Wildman–Crippen MR) is 103 cm³/mol. The second-order valence-corrected chi connectivity index (χ2v) is 7.74. The molecule has 2 saturated carbocycles. The molecule has 142 valence electrons. The fourth-order valence-corrected chi connectivity index (χ4v) is 4.02. The van der Waals surface area contributed by atoms with Crippen molar-refractivity contribution in [2.45, 2.75) is 44.1 Å². The van der Waals surface area contributed by atoms with E-state index in [4.69, 9.17) is 14.6 Å². The third kappa shape index (κ3) is 4.62. The topological polar surface area (TPSA) is 55.8 Å². The van der Waals surface area contributed by atoms with Crippen molar-refractivity contribution in [2.24, 2.45) is 11.8 Å². The third-order valence-electron chi connectivity index (χ3n) is 5.73. The van der Waals surface area contributed by atoms with E-state index in [1.807, 2.05) is 42.5 Å². The van der Waals surface area contributed by atoms with E-state index in [2.05, 4.69) is 12.1 Å². The molecule has 2 unspecified atom stereocenters. The quantitative estimate of drug-likeness (QED) is 0.758. The second kappa shape index (κ2) is 8.03. The highest BCUT2D eigenvalue weighted by atomic mass is 16.5. The van der Waals surface area contributed by atoms with Crippen LogP contribution < -0.4 is 9.47 Å². The van der Waals surface area contributed by atoms with Crippen molar-refractivity contribution in [3.63, 3.8) is 0 Å². The van der Waals surface area contributed by atoms with Crippen LogP contribution in [-0.2, 0) is 4.79 Å². The number of benzene rings is 2. The molecule has 0 aromatic heterocycles. The molecule has 0 aliphatic heterocycles. The van der Waals surface area contributed by atoms with Gasteiger partial charge in [-0.1, -0.05) is 30.3 Å². The van der Waals surface area contributed by atoms with Crippen LogP contribution in [0.25, 0.3) is 0 Å². The first-order chi connectivity index (χ1) is 13.2. The Morgan fingerprint density at radius 2 is 1.74 bits per heavy atom. The van der Waals surface area contributed by atoms with Crippen LogP contribution in [0.2, 0.25) is 0 Å². The van der Waals surface area contributed by atoms with Gasteiger partial charge in [0.15, 0.2) is 0 Å². The smallest absolute Gasteiger partial charge is 0.306 e. The Kier molecular flexibility index (Phi) is 5.33. The molecular formula is C23H26O4. The summed E-state index contributed by atoms with van der Waals surface area (Å²) in [4.78, 5) is 10.9. The maximum atomic E-state index is 10.9. The van der Waals surface area contributed by atoms with E-state index in [9.17, 15) is 4.79 Å². The van der Waals surface area contributed by atoms with E-state index < -0.39 is 5.97 Å². The molecule has 0 saturated heterocycles. The van der Waals surface area contributed by atoms with Crippen molar-refractivity contribution >= 4 is 5.97 Å². The molecular weight excluding hydrogens is 340 g/mol. The lowest BCUT2D eigenvalue weighted by Crippen LogP contribution is -2.24. The van der Waals surface area contributed by atoms with E-state index in [0.717, 1.165) is 30.8 Å². The van der Waals surface area contributed by atoms with Gasteiger partial charge in [0.05, 0.1) is 18.6 Å². The van der Waals surface area contributed by atoms with E-state index in [0.29, 0.717) is 12.5 Å². The van der Waals surface area contributed by atoms with Gasteiger partial charge in [-0.15, -0.1) is 0 Å². The summed E-state index contributed by atoms with van der Waals surface area (Å²) < 4.78 is 11.9. The van der Waals surface area contributed by atoms with Crippen LogP contribution in [0.15, 0.2) is 54.6 Å². The molecule has 0 spiro atoms. The summed E-state index contributed by atoms with van der Waals surface area (Å²) >= 11 is 0. The fraction of sp³-hybridized carbons (Fsp3) is 0.435. The number of rotatable bonds is 7. The molecule has 4 nitrogen and oxygen atoms in total. The van der Waals surface area contributed by atoms with Gasteiger partial charge in [0.25, 0.3) is 0 Å². The van der Waals surface area contributed by atoms with Crippen molar-refractivity contribution in [1.82, 2.24) is 0 Å². The molecule has 2 aliphatic carbocycles. The Hall–Kier alpha value is -2.49. The Labute approximate surface area is 160 Å². The van der Waals surface area contributed by atoms with Gasteiger partial charge >= 0.3 is 5.97 Å². The predicted octanol–water partition coefficient (Wildman–Crippen LogP) is 4.89. The van der Waals surface area contributed by atoms with Crippen LogP contribution in [0.4, 0.5) is 0 Å². The number of carbonyl (C=O) groups is 1. The van der Waals surface area contributed by atoms with Crippen molar-refractivity contribution in [3.05, 3.63) is 60.2 Å².